The third kappa shape index (κ3) is 2.78. The van der Waals surface area contributed by atoms with Crippen molar-refractivity contribution >= 4 is 17.3 Å². The summed E-state index contributed by atoms with van der Waals surface area (Å²) in [6.45, 7) is 0. The zero-order valence-electron chi connectivity index (χ0n) is 10.7. The summed E-state index contributed by atoms with van der Waals surface area (Å²) in [5.41, 5.74) is 1.76. The summed E-state index contributed by atoms with van der Waals surface area (Å²) in [6, 6.07) is 11.7. The first-order valence-corrected chi connectivity index (χ1v) is 6.96. The van der Waals surface area contributed by atoms with Gasteiger partial charge in [0.25, 0.3) is 0 Å². The van der Waals surface area contributed by atoms with Gasteiger partial charge >= 0.3 is 0 Å². The van der Waals surface area contributed by atoms with Crippen LogP contribution in [0.3, 0.4) is 0 Å². The zero-order chi connectivity index (χ0) is 14.1. The maximum Gasteiger partial charge on any atom is 0.143 e. The zero-order valence-corrected chi connectivity index (χ0v) is 11.5. The van der Waals surface area contributed by atoms with E-state index in [1.165, 1.54) is 12.1 Å². The molecule has 1 aliphatic rings. The standard InChI is InChI=1S/C16H14ClF2N/c17-15-5-4-13(9-16(15)19)20-14-7-11(8-14)10-2-1-3-12(18)6-10/h1-6,9,11,14,20H,7-8H2. The molecule has 0 atom stereocenters. The molecule has 1 fully saturated rings. The van der Waals surface area contributed by atoms with Gasteiger partial charge in [0.05, 0.1) is 5.02 Å². The van der Waals surface area contributed by atoms with E-state index in [2.05, 4.69) is 5.32 Å². The van der Waals surface area contributed by atoms with Crippen LogP contribution in [0.5, 0.6) is 0 Å². The number of nitrogens with one attached hydrogen (secondary N) is 1. The molecule has 1 N–H and O–H groups in total. The van der Waals surface area contributed by atoms with E-state index >= 15 is 0 Å². The van der Waals surface area contributed by atoms with Gasteiger partial charge in [0.2, 0.25) is 0 Å². The highest BCUT2D eigenvalue weighted by molar-refractivity contribution is 6.30. The lowest BCUT2D eigenvalue weighted by Crippen LogP contribution is -2.34. The third-order valence-electron chi connectivity index (χ3n) is 3.75. The van der Waals surface area contributed by atoms with Gasteiger partial charge < -0.3 is 5.32 Å². The summed E-state index contributed by atoms with van der Waals surface area (Å²) < 4.78 is 26.5. The van der Waals surface area contributed by atoms with Crippen molar-refractivity contribution in [2.75, 3.05) is 5.32 Å². The Hall–Kier alpha value is -1.61. The van der Waals surface area contributed by atoms with Crippen LogP contribution in [0, 0.1) is 11.6 Å². The maximum atomic E-state index is 13.3. The fourth-order valence-electron chi connectivity index (χ4n) is 2.59. The molecule has 2 aromatic carbocycles. The van der Waals surface area contributed by atoms with Crippen LogP contribution in [0.1, 0.15) is 24.3 Å². The van der Waals surface area contributed by atoms with Crippen LogP contribution in [0.15, 0.2) is 42.5 Å². The van der Waals surface area contributed by atoms with Gasteiger partial charge in [0.1, 0.15) is 11.6 Å². The van der Waals surface area contributed by atoms with E-state index in [0.717, 1.165) is 24.1 Å². The van der Waals surface area contributed by atoms with Crippen LogP contribution in [-0.4, -0.2) is 6.04 Å². The lowest BCUT2D eigenvalue weighted by atomic mass is 9.76. The van der Waals surface area contributed by atoms with Crippen LogP contribution >= 0.6 is 11.6 Å². The predicted molar refractivity (Wildman–Crippen MR) is 77.2 cm³/mol. The molecule has 1 aliphatic carbocycles. The Labute approximate surface area is 121 Å². The Morgan fingerprint density at radius 2 is 1.85 bits per heavy atom. The molecule has 0 saturated heterocycles. The predicted octanol–water partition coefficient (Wildman–Crippen LogP) is 4.98. The normalized spacial score (nSPS) is 21.4. The van der Waals surface area contributed by atoms with Crippen molar-refractivity contribution in [1.82, 2.24) is 0 Å². The van der Waals surface area contributed by atoms with E-state index in [4.69, 9.17) is 11.6 Å². The summed E-state index contributed by atoms with van der Waals surface area (Å²) in [4.78, 5) is 0. The number of anilines is 1. The first kappa shape index (κ1) is 13.4. The average molecular weight is 294 g/mol. The average Bonchev–Trinajstić information content (AvgIpc) is 2.37. The molecule has 20 heavy (non-hydrogen) atoms. The first-order chi connectivity index (χ1) is 9.61. The Morgan fingerprint density at radius 1 is 1.05 bits per heavy atom. The molecule has 0 bridgehead atoms. The molecule has 0 spiro atoms. The fraction of sp³-hybridized carbons (Fsp3) is 0.250. The Balaban J connectivity index is 1.59. The second kappa shape index (κ2) is 5.41. The van der Waals surface area contributed by atoms with Gasteiger partial charge in [-0.05, 0) is 54.7 Å². The van der Waals surface area contributed by atoms with Crippen molar-refractivity contribution in [2.24, 2.45) is 0 Å². The minimum absolute atomic E-state index is 0.127. The summed E-state index contributed by atoms with van der Waals surface area (Å²) >= 11 is 5.64. The SMILES string of the molecule is Fc1cccc(C2CC(Nc3ccc(Cl)c(F)c3)C2)c1. The van der Waals surface area contributed by atoms with Gasteiger partial charge in [-0.15, -0.1) is 0 Å². The molecular weight excluding hydrogens is 280 g/mol. The molecule has 2 aromatic rings. The van der Waals surface area contributed by atoms with Crippen LogP contribution in [0.2, 0.25) is 5.02 Å². The van der Waals surface area contributed by atoms with Crippen LogP contribution in [-0.2, 0) is 0 Å². The van der Waals surface area contributed by atoms with Gasteiger partial charge in [-0.3, -0.25) is 0 Å². The second-order valence-corrected chi connectivity index (χ2v) is 5.60. The Kier molecular flexibility index (Phi) is 3.62. The maximum absolute atomic E-state index is 13.3. The topological polar surface area (TPSA) is 12.0 Å². The summed E-state index contributed by atoms with van der Waals surface area (Å²) in [6.07, 6.45) is 1.85. The van der Waals surface area contributed by atoms with Crippen LogP contribution < -0.4 is 5.32 Å². The molecular formula is C16H14ClF2N. The Bertz CT molecular complexity index is 624. The third-order valence-corrected chi connectivity index (χ3v) is 4.06. The van der Waals surface area contributed by atoms with Crippen LogP contribution in [0.25, 0.3) is 0 Å². The molecule has 0 unspecified atom stereocenters. The number of rotatable bonds is 3. The molecule has 1 saturated carbocycles. The van der Waals surface area contributed by atoms with E-state index in [1.807, 2.05) is 6.07 Å². The van der Waals surface area contributed by atoms with Gasteiger partial charge in [0, 0.05) is 11.7 Å². The second-order valence-electron chi connectivity index (χ2n) is 5.19. The van der Waals surface area contributed by atoms with Crippen molar-refractivity contribution in [3.05, 3.63) is 64.7 Å². The van der Waals surface area contributed by atoms with Crippen molar-refractivity contribution in [3.8, 4) is 0 Å². The van der Waals surface area contributed by atoms with Gasteiger partial charge in [-0.1, -0.05) is 23.7 Å². The number of benzene rings is 2. The quantitative estimate of drug-likeness (QED) is 0.842. The van der Waals surface area contributed by atoms with Gasteiger partial charge in [-0.2, -0.15) is 0 Å². The number of hydrogen-bond acceptors (Lipinski definition) is 1. The smallest absolute Gasteiger partial charge is 0.143 e. The molecule has 0 radical (unpaired) electrons. The Morgan fingerprint density at radius 3 is 2.55 bits per heavy atom. The monoisotopic (exact) mass is 293 g/mol. The largest absolute Gasteiger partial charge is 0.382 e. The van der Waals surface area contributed by atoms with Gasteiger partial charge in [-0.25, -0.2) is 8.78 Å². The summed E-state index contributed by atoms with van der Waals surface area (Å²) in [7, 11) is 0. The molecule has 0 amide bonds. The summed E-state index contributed by atoms with van der Waals surface area (Å²) in [5, 5.41) is 3.40. The molecule has 4 heteroatoms. The van der Waals surface area contributed by atoms with E-state index in [1.54, 1.807) is 24.3 Å². The van der Waals surface area contributed by atoms with Crippen molar-refractivity contribution in [1.29, 1.82) is 0 Å². The van der Waals surface area contributed by atoms with Gasteiger partial charge in [0.15, 0.2) is 0 Å². The lowest BCUT2D eigenvalue weighted by Gasteiger charge is -2.37. The molecule has 3 rings (SSSR count). The number of halogens is 3. The minimum Gasteiger partial charge on any atom is -0.382 e. The summed E-state index contributed by atoms with van der Waals surface area (Å²) in [5.74, 6) is -0.239. The van der Waals surface area contributed by atoms with Crippen molar-refractivity contribution < 1.29 is 8.78 Å². The highest BCUT2D eigenvalue weighted by atomic mass is 35.5. The molecule has 1 nitrogen and oxygen atoms in total. The van der Waals surface area contributed by atoms with E-state index in [-0.39, 0.29) is 10.8 Å². The van der Waals surface area contributed by atoms with Crippen molar-refractivity contribution in [2.45, 2.75) is 24.8 Å². The lowest BCUT2D eigenvalue weighted by molar-refractivity contribution is 0.373. The van der Waals surface area contributed by atoms with E-state index < -0.39 is 5.82 Å². The molecule has 0 aliphatic heterocycles. The molecule has 104 valence electrons. The molecule has 0 heterocycles. The first-order valence-electron chi connectivity index (χ1n) is 6.59. The highest BCUT2D eigenvalue weighted by Gasteiger charge is 2.30. The molecule has 0 aromatic heterocycles. The van der Waals surface area contributed by atoms with E-state index in [0.29, 0.717) is 12.0 Å². The number of hydrogen-bond donors (Lipinski definition) is 1. The fourth-order valence-corrected chi connectivity index (χ4v) is 2.71. The van der Waals surface area contributed by atoms with Crippen molar-refractivity contribution in [3.63, 3.8) is 0 Å². The van der Waals surface area contributed by atoms with E-state index in [9.17, 15) is 8.78 Å². The highest BCUT2D eigenvalue weighted by Crippen LogP contribution is 2.38. The minimum atomic E-state index is -0.419. The van der Waals surface area contributed by atoms with Crippen LogP contribution in [0.4, 0.5) is 14.5 Å².